The van der Waals surface area contributed by atoms with Gasteiger partial charge in [-0.2, -0.15) is 0 Å². The van der Waals surface area contributed by atoms with Crippen molar-refractivity contribution in [2.75, 3.05) is 31.2 Å². The summed E-state index contributed by atoms with van der Waals surface area (Å²) >= 11 is 6.45. The Labute approximate surface area is 309 Å². The number of rotatable bonds is 14. The number of anilines is 1. The SMILES string of the molecule is C=CC[C@@H](C)[C@H](C[C@H]1CCCO1)S(=O)(=O)NC(=O)c1ccc2c(c1)N(C[C@@H]1CC[C@H]1[C@@H](O)/C=C/CCC)C[C@@]1(CCCc3cc(Cl)ccc31)CO2. The molecule has 6 rings (SSSR count). The van der Waals surface area contributed by atoms with Gasteiger partial charge in [0.1, 0.15) is 5.75 Å². The van der Waals surface area contributed by atoms with Crippen molar-refractivity contribution in [3.05, 3.63) is 82.9 Å². The maximum Gasteiger partial charge on any atom is 0.264 e. The number of hydrogen-bond donors (Lipinski definition) is 2. The molecule has 1 spiro atoms. The van der Waals surface area contributed by atoms with Crippen LogP contribution in [0.15, 0.2) is 61.2 Å². The number of amides is 1. The zero-order chi connectivity index (χ0) is 36.2. The Kier molecular flexibility index (Phi) is 12.2. The Morgan fingerprint density at radius 3 is 2.76 bits per heavy atom. The molecular weight excluding hydrogens is 684 g/mol. The first-order valence-electron chi connectivity index (χ1n) is 19.0. The molecule has 278 valence electrons. The molecule has 1 saturated heterocycles. The minimum Gasteiger partial charge on any atom is -0.490 e. The van der Waals surface area contributed by atoms with Crippen LogP contribution in [-0.4, -0.2) is 63.2 Å². The van der Waals surface area contributed by atoms with Crippen molar-refractivity contribution in [3.8, 4) is 5.75 Å². The number of aryl methyl sites for hydroxylation is 1. The first-order valence-corrected chi connectivity index (χ1v) is 20.9. The Bertz CT molecular complexity index is 1690. The molecule has 8 nitrogen and oxygen atoms in total. The molecule has 10 heteroatoms. The molecule has 1 amide bonds. The van der Waals surface area contributed by atoms with Crippen LogP contribution in [0, 0.1) is 17.8 Å². The van der Waals surface area contributed by atoms with Gasteiger partial charge in [0.15, 0.2) is 0 Å². The number of unbranched alkanes of at least 4 members (excludes halogenated alkanes) is 1. The molecular formula is C41H55ClN2O6S. The number of aliphatic hydroxyl groups is 1. The average molecular weight is 739 g/mol. The van der Waals surface area contributed by atoms with Gasteiger partial charge in [-0.15, -0.1) is 6.58 Å². The molecule has 4 aliphatic rings. The molecule has 2 aliphatic carbocycles. The van der Waals surface area contributed by atoms with Crippen LogP contribution in [0.4, 0.5) is 5.69 Å². The van der Waals surface area contributed by atoms with Gasteiger partial charge in [-0.1, -0.05) is 56.2 Å². The summed E-state index contributed by atoms with van der Waals surface area (Å²) in [6.07, 6.45) is 14.6. The van der Waals surface area contributed by atoms with Gasteiger partial charge in [-0.05, 0) is 123 Å². The molecule has 2 aromatic carbocycles. The molecule has 2 aliphatic heterocycles. The van der Waals surface area contributed by atoms with E-state index >= 15 is 0 Å². The molecule has 7 atom stereocenters. The van der Waals surface area contributed by atoms with Crippen LogP contribution in [-0.2, 0) is 26.6 Å². The molecule has 0 radical (unpaired) electrons. The Morgan fingerprint density at radius 1 is 1.20 bits per heavy atom. The second kappa shape index (κ2) is 16.4. The topological polar surface area (TPSA) is 105 Å². The van der Waals surface area contributed by atoms with Crippen molar-refractivity contribution >= 4 is 33.2 Å². The first-order chi connectivity index (χ1) is 24.5. The standard InChI is InChI=1S/C41H55ClN2O6S/c1-4-6-7-13-37(45)34-17-14-31(34)25-44-26-41(20-8-11-29-22-32(42)16-18-35(29)41)27-50-38-19-15-30(23-36(38)44)40(46)43-51(47,48)39(28(3)10-5-2)24-33-12-9-21-49-33/h5,7,13,15-16,18-19,22-23,28,31,33-34,37,39,45H,2,4,6,8-12,14,17,20-21,24-27H2,1,3H3,(H,43,46)/b13-7+/t28-,31+,33-,34-,37+,39+,41+/m1/s1. The van der Waals surface area contributed by atoms with Gasteiger partial charge >= 0.3 is 0 Å². The number of benzene rings is 2. The van der Waals surface area contributed by atoms with E-state index < -0.39 is 27.3 Å². The average Bonchev–Trinajstić information content (AvgIpc) is 3.56. The number of sulfonamides is 1. The highest BCUT2D eigenvalue weighted by atomic mass is 35.5. The fraction of sp³-hybridized carbons (Fsp3) is 0.585. The number of halogens is 1. The third kappa shape index (κ3) is 8.53. The summed E-state index contributed by atoms with van der Waals surface area (Å²) in [5, 5.41) is 11.0. The van der Waals surface area contributed by atoms with Crippen molar-refractivity contribution in [2.24, 2.45) is 17.8 Å². The number of carbonyl (C=O) groups is 1. The Balaban J connectivity index is 1.30. The monoisotopic (exact) mass is 738 g/mol. The summed E-state index contributed by atoms with van der Waals surface area (Å²) < 4.78 is 42.6. The maximum absolute atomic E-state index is 13.9. The molecule has 0 unspecified atom stereocenters. The van der Waals surface area contributed by atoms with Crippen LogP contribution in [0.1, 0.15) is 99.5 Å². The summed E-state index contributed by atoms with van der Waals surface area (Å²) in [5.41, 5.74) is 3.24. The summed E-state index contributed by atoms with van der Waals surface area (Å²) in [6, 6.07) is 11.4. The van der Waals surface area contributed by atoms with Crippen LogP contribution >= 0.6 is 11.6 Å². The number of hydrogen-bond acceptors (Lipinski definition) is 7. The Hall–Kier alpha value is -2.85. The number of aliphatic hydroxyl groups excluding tert-OH is 1. The van der Waals surface area contributed by atoms with E-state index in [2.05, 4.69) is 41.3 Å². The van der Waals surface area contributed by atoms with Crippen LogP contribution in [0.3, 0.4) is 0 Å². The lowest BCUT2D eigenvalue weighted by Gasteiger charge is -2.45. The molecule has 51 heavy (non-hydrogen) atoms. The normalized spacial score (nSPS) is 26.4. The van der Waals surface area contributed by atoms with E-state index in [9.17, 15) is 18.3 Å². The van der Waals surface area contributed by atoms with Crippen LogP contribution < -0.4 is 14.4 Å². The van der Waals surface area contributed by atoms with Crippen molar-refractivity contribution in [3.63, 3.8) is 0 Å². The molecule has 2 heterocycles. The van der Waals surface area contributed by atoms with E-state index in [4.69, 9.17) is 21.1 Å². The van der Waals surface area contributed by atoms with E-state index in [0.717, 1.165) is 68.5 Å². The number of fused-ring (bicyclic) bond motifs is 3. The molecule has 1 saturated carbocycles. The highest BCUT2D eigenvalue weighted by Gasteiger charge is 2.44. The molecule has 0 aromatic heterocycles. The van der Waals surface area contributed by atoms with E-state index in [-0.39, 0.29) is 34.8 Å². The van der Waals surface area contributed by atoms with Crippen molar-refractivity contribution < 1.29 is 27.8 Å². The van der Waals surface area contributed by atoms with Crippen molar-refractivity contribution in [1.82, 2.24) is 4.72 Å². The van der Waals surface area contributed by atoms with Crippen LogP contribution in [0.25, 0.3) is 0 Å². The van der Waals surface area contributed by atoms with Crippen molar-refractivity contribution in [2.45, 2.75) is 107 Å². The van der Waals surface area contributed by atoms with Crippen LogP contribution in [0.2, 0.25) is 5.02 Å². The highest BCUT2D eigenvalue weighted by molar-refractivity contribution is 7.90. The van der Waals surface area contributed by atoms with Gasteiger partial charge in [-0.25, -0.2) is 13.1 Å². The largest absolute Gasteiger partial charge is 0.490 e. The minimum absolute atomic E-state index is 0.142. The fourth-order valence-corrected chi connectivity index (χ4v) is 10.7. The van der Waals surface area contributed by atoms with Gasteiger partial charge in [0, 0.05) is 35.7 Å². The molecule has 2 N–H and O–H groups in total. The summed E-state index contributed by atoms with van der Waals surface area (Å²) in [5.74, 6) is 0.178. The smallest absolute Gasteiger partial charge is 0.264 e. The third-order valence-corrected chi connectivity index (χ3v) is 13.9. The third-order valence-electron chi connectivity index (χ3n) is 11.8. The molecule has 2 fully saturated rings. The van der Waals surface area contributed by atoms with Crippen molar-refractivity contribution in [1.29, 1.82) is 0 Å². The first kappa shape index (κ1) is 37.9. The quantitative estimate of drug-likeness (QED) is 0.191. The highest BCUT2D eigenvalue weighted by Crippen LogP contribution is 2.47. The number of ether oxygens (including phenoxy) is 2. The second-order valence-corrected chi connectivity index (χ2v) is 17.7. The predicted octanol–water partition coefficient (Wildman–Crippen LogP) is 7.77. The summed E-state index contributed by atoms with van der Waals surface area (Å²) in [6.45, 7) is 10.3. The number of allylic oxidation sites excluding steroid dienone is 2. The zero-order valence-corrected chi connectivity index (χ0v) is 31.8. The summed E-state index contributed by atoms with van der Waals surface area (Å²) in [7, 11) is -4.04. The van der Waals surface area contributed by atoms with Gasteiger partial charge < -0.3 is 19.5 Å². The zero-order valence-electron chi connectivity index (χ0n) is 30.2. The van der Waals surface area contributed by atoms with Gasteiger partial charge in [0.25, 0.3) is 5.91 Å². The minimum atomic E-state index is -4.04. The lowest BCUT2D eigenvalue weighted by Crippen LogP contribution is -2.49. The number of nitrogens with zero attached hydrogens (tertiary/aromatic N) is 1. The molecule has 0 bridgehead atoms. The Morgan fingerprint density at radius 2 is 2.04 bits per heavy atom. The van der Waals surface area contributed by atoms with Gasteiger partial charge in [0.05, 0.1) is 29.8 Å². The fourth-order valence-electron chi connectivity index (χ4n) is 8.79. The maximum atomic E-state index is 13.9. The van der Waals surface area contributed by atoms with E-state index in [1.807, 2.05) is 19.1 Å². The number of nitrogens with one attached hydrogen (secondary N) is 1. The lowest BCUT2D eigenvalue weighted by atomic mass is 9.68. The van der Waals surface area contributed by atoms with E-state index in [1.165, 1.54) is 11.1 Å². The summed E-state index contributed by atoms with van der Waals surface area (Å²) in [4.78, 5) is 16.2. The van der Waals surface area contributed by atoms with E-state index in [0.29, 0.717) is 44.9 Å². The number of carbonyl (C=O) groups excluding carboxylic acids is 1. The van der Waals surface area contributed by atoms with Gasteiger partial charge in [-0.3, -0.25) is 4.79 Å². The van der Waals surface area contributed by atoms with E-state index in [1.54, 1.807) is 24.3 Å². The second-order valence-electron chi connectivity index (χ2n) is 15.4. The predicted molar refractivity (Wildman–Crippen MR) is 204 cm³/mol. The molecule has 2 aromatic rings. The van der Waals surface area contributed by atoms with Crippen LogP contribution in [0.5, 0.6) is 5.75 Å². The van der Waals surface area contributed by atoms with Gasteiger partial charge in [0.2, 0.25) is 10.0 Å². The lowest BCUT2D eigenvalue weighted by molar-refractivity contribution is 0.0456.